The number of sulfonamides is 1. The predicted octanol–water partition coefficient (Wildman–Crippen LogP) is 1.55. The van der Waals surface area contributed by atoms with E-state index >= 15 is 0 Å². The van der Waals surface area contributed by atoms with E-state index in [1.165, 1.54) is 11.1 Å². The zero-order chi connectivity index (χ0) is 19.7. The van der Waals surface area contributed by atoms with Gasteiger partial charge in [-0.1, -0.05) is 0 Å². The Morgan fingerprint density at radius 1 is 1.32 bits per heavy atom. The van der Waals surface area contributed by atoms with Gasteiger partial charge in [0.15, 0.2) is 5.82 Å². The molecule has 4 heterocycles. The number of nitrogens with zero attached hydrogens (tertiary/aromatic N) is 4. The van der Waals surface area contributed by atoms with E-state index in [9.17, 15) is 8.42 Å². The van der Waals surface area contributed by atoms with E-state index in [0.29, 0.717) is 32.2 Å². The Labute approximate surface area is 173 Å². The summed E-state index contributed by atoms with van der Waals surface area (Å²) in [5.41, 5.74) is 0.868. The van der Waals surface area contributed by atoms with Gasteiger partial charge < -0.3 is 15.0 Å². The second-order valence-electron chi connectivity index (χ2n) is 7.25. The highest BCUT2D eigenvalue weighted by molar-refractivity contribution is 7.88. The maximum Gasteiger partial charge on any atom is 0.224 e. The maximum absolute atomic E-state index is 11.6. The lowest BCUT2D eigenvalue weighted by Crippen LogP contribution is -2.36. The van der Waals surface area contributed by atoms with Crippen molar-refractivity contribution in [1.82, 2.24) is 19.6 Å². The molecule has 2 aliphatic heterocycles. The highest BCUT2D eigenvalue weighted by Gasteiger charge is 2.28. The van der Waals surface area contributed by atoms with Gasteiger partial charge in [-0.05, 0) is 36.6 Å². The number of ether oxygens (including phenoxy) is 1. The first-order valence-corrected chi connectivity index (χ1v) is 12.4. The van der Waals surface area contributed by atoms with Crippen molar-refractivity contribution in [2.75, 3.05) is 57.1 Å². The summed E-state index contributed by atoms with van der Waals surface area (Å²) >= 11 is 7.83. The van der Waals surface area contributed by atoms with E-state index < -0.39 is 10.0 Å². The van der Waals surface area contributed by atoms with Crippen molar-refractivity contribution in [3.05, 3.63) is 16.2 Å². The van der Waals surface area contributed by atoms with Crippen LogP contribution >= 0.6 is 22.9 Å². The molecule has 2 aromatic heterocycles. The molecule has 28 heavy (non-hydrogen) atoms. The first-order valence-electron chi connectivity index (χ1n) is 9.34. The SMILES string of the molecule is CS(=O)(=O)N1CCC(CNCc2cc3nc(Cl)nc(N4CCOCC4)c3s2)C1. The Hall–Kier alpha value is -1.04. The topological polar surface area (TPSA) is 87.7 Å². The third-order valence-corrected chi connectivity index (χ3v) is 7.70. The van der Waals surface area contributed by atoms with Crippen LogP contribution in [0, 0.1) is 5.92 Å². The molecule has 2 saturated heterocycles. The molecule has 154 valence electrons. The number of nitrogens with one attached hydrogen (secondary N) is 1. The van der Waals surface area contributed by atoms with Gasteiger partial charge in [-0.15, -0.1) is 11.3 Å². The van der Waals surface area contributed by atoms with Crippen LogP contribution in [0.5, 0.6) is 0 Å². The largest absolute Gasteiger partial charge is 0.378 e. The van der Waals surface area contributed by atoms with Crippen LogP contribution < -0.4 is 10.2 Å². The van der Waals surface area contributed by atoms with Crippen molar-refractivity contribution in [2.24, 2.45) is 5.92 Å². The molecule has 1 N–H and O–H groups in total. The molecular weight excluding hydrogens is 422 g/mol. The number of halogens is 1. The van der Waals surface area contributed by atoms with Crippen molar-refractivity contribution in [1.29, 1.82) is 0 Å². The zero-order valence-electron chi connectivity index (χ0n) is 15.7. The molecule has 0 aliphatic carbocycles. The Bertz CT molecular complexity index is 946. The summed E-state index contributed by atoms with van der Waals surface area (Å²) in [4.78, 5) is 12.2. The van der Waals surface area contributed by atoms with E-state index in [1.54, 1.807) is 15.6 Å². The lowest BCUT2D eigenvalue weighted by molar-refractivity contribution is 0.122. The second kappa shape index (κ2) is 8.37. The number of morpholine rings is 1. The minimum Gasteiger partial charge on any atom is -0.378 e. The molecule has 0 spiro atoms. The van der Waals surface area contributed by atoms with E-state index in [0.717, 1.165) is 48.6 Å². The quantitative estimate of drug-likeness (QED) is 0.675. The van der Waals surface area contributed by atoms with E-state index in [1.807, 2.05) is 0 Å². The number of anilines is 1. The van der Waals surface area contributed by atoms with Gasteiger partial charge >= 0.3 is 0 Å². The third kappa shape index (κ3) is 4.58. The summed E-state index contributed by atoms with van der Waals surface area (Å²) in [5, 5.41) is 3.73. The van der Waals surface area contributed by atoms with Crippen LogP contribution in [0.1, 0.15) is 11.3 Å². The number of hydrogen-bond acceptors (Lipinski definition) is 8. The molecule has 11 heteroatoms. The van der Waals surface area contributed by atoms with Crippen molar-refractivity contribution in [3.8, 4) is 0 Å². The fourth-order valence-electron chi connectivity index (χ4n) is 3.68. The number of rotatable bonds is 6. The lowest BCUT2D eigenvalue weighted by Gasteiger charge is -2.28. The van der Waals surface area contributed by atoms with Crippen LogP contribution in [0.4, 0.5) is 5.82 Å². The standard InChI is InChI=1S/C17H24ClN5O3S2/c1-28(24,25)23-3-2-12(11-23)9-19-10-13-8-14-15(27-13)16(21-17(18)20-14)22-4-6-26-7-5-22/h8,12,19H,2-7,9-11H2,1H3. The molecule has 4 rings (SSSR count). The van der Waals surface area contributed by atoms with Crippen LogP contribution in [0.3, 0.4) is 0 Å². The van der Waals surface area contributed by atoms with Crippen LogP contribution in [-0.4, -0.2) is 74.9 Å². The number of thiophene rings is 1. The van der Waals surface area contributed by atoms with E-state index in [-0.39, 0.29) is 5.28 Å². The summed E-state index contributed by atoms with van der Waals surface area (Å²) in [6.45, 7) is 5.70. The van der Waals surface area contributed by atoms with E-state index in [4.69, 9.17) is 16.3 Å². The molecule has 1 unspecified atom stereocenters. The van der Waals surface area contributed by atoms with Crippen LogP contribution in [0.2, 0.25) is 5.28 Å². The van der Waals surface area contributed by atoms with Gasteiger partial charge in [0.1, 0.15) is 0 Å². The predicted molar refractivity (Wildman–Crippen MR) is 112 cm³/mol. The molecular formula is C17H24ClN5O3S2. The fraction of sp³-hybridized carbons (Fsp3) is 0.647. The maximum atomic E-state index is 11.6. The lowest BCUT2D eigenvalue weighted by atomic mass is 10.1. The highest BCUT2D eigenvalue weighted by atomic mass is 35.5. The Balaban J connectivity index is 1.41. The molecule has 1 atom stereocenters. The Kier molecular flexibility index (Phi) is 6.05. The molecule has 8 nitrogen and oxygen atoms in total. The van der Waals surface area contributed by atoms with Gasteiger partial charge in [-0.25, -0.2) is 17.7 Å². The third-order valence-electron chi connectivity index (χ3n) is 5.14. The number of fused-ring (bicyclic) bond motifs is 1. The van der Waals surface area contributed by atoms with Crippen molar-refractivity contribution in [2.45, 2.75) is 13.0 Å². The smallest absolute Gasteiger partial charge is 0.224 e. The van der Waals surface area contributed by atoms with Crippen molar-refractivity contribution < 1.29 is 13.2 Å². The van der Waals surface area contributed by atoms with Gasteiger partial charge in [0, 0.05) is 37.6 Å². The van der Waals surface area contributed by atoms with Crippen molar-refractivity contribution in [3.63, 3.8) is 0 Å². The zero-order valence-corrected chi connectivity index (χ0v) is 18.1. The Morgan fingerprint density at radius 2 is 2.11 bits per heavy atom. The molecule has 2 aliphatic rings. The minimum atomic E-state index is -3.08. The van der Waals surface area contributed by atoms with Crippen LogP contribution in [-0.2, 0) is 21.3 Å². The van der Waals surface area contributed by atoms with Gasteiger partial charge in [-0.3, -0.25) is 0 Å². The molecule has 0 amide bonds. The van der Waals surface area contributed by atoms with Gasteiger partial charge in [0.2, 0.25) is 15.3 Å². The second-order valence-corrected chi connectivity index (χ2v) is 10.7. The normalized spacial score (nSPS) is 21.6. The summed E-state index contributed by atoms with van der Waals surface area (Å²) < 4.78 is 31.3. The molecule has 0 aromatic carbocycles. The fourth-order valence-corrected chi connectivity index (χ4v) is 5.85. The van der Waals surface area contributed by atoms with Crippen LogP contribution in [0.25, 0.3) is 10.2 Å². The summed E-state index contributed by atoms with van der Waals surface area (Å²) in [6, 6.07) is 2.06. The minimum absolute atomic E-state index is 0.262. The average molecular weight is 446 g/mol. The molecule has 2 aromatic rings. The Morgan fingerprint density at radius 3 is 2.82 bits per heavy atom. The van der Waals surface area contributed by atoms with Crippen molar-refractivity contribution >= 4 is 49.0 Å². The monoisotopic (exact) mass is 445 g/mol. The number of aromatic nitrogens is 2. The first-order chi connectivity index (χ1) is 13.4. The molecule has 0 saturated carbocycles. The van der Waals surface area contributed by atoms with E-state index in [2.05, 4.69) is 26.3 Å². The van der Waals surface area contributed by atoms with Gasteiger partial charge in [-0.2, -0.15) is 4.98 Å². The molecule has 0 radical (unpaired) electrons. The summed E-state index contributed by atoms with van der Waals surface area (Å²) in [5.74, 6) is 1.23. The van der Waals surface area contributed by atoms with Gasteiger partial charge in [0.05, 0.1) is 29.7 Å². The first kappa shape index (κ1) is 20.2. The summed E-state index contributed by atoms with van der Waals surface area (Å²) in [7, 11) is -3.08. The molecule has 2 fully saturated rings. The highest BCUT2D eigenvalue weighted by Crippen LogP contribution is 2.33. The number of hydrogen-bond donors (Lipinski definition) is 1. The molecule has 0 bridgehead atoms. The average Bonchev–Trinajstić information content (AvgIpc) is 3.28. The van der Waals surface area contributed by atoms with Gasteiger partial charge in [0.25, 0.3) is 0 Å². The van der Waals surface area contributed by atoms with Crippen LogP contribution in [0.15, 0.2) is 6.07 Å². The summed E-state index contributed by atoms with van der Waals surface area (Å²) in [6.07, 6.45) is 2.17.